The number of hydrogen-bond acceptors (Lipinski definition) is 6. The average molecular weight is 577 g/mol. The van der Waals surface area contributed by atoms with Crippen molar-refractivity contribution in [3.63, 3.8) is 0 Å². The molecule has 0 N–H and O–H groups in total. The van der Waals surface area contributed by atoms with Crippen LogP contribution in [0.25, 0.3) is 6.08 Å². The van der Waals surface area contributed by atoms with Gasteiger partial charge in [-0.25, -0.2) is 4.99 Å². The van der Waals surface area contributed by atoms with Crippen LogP contribution in [0.3, 0.4) is 0 Å². The molecule has 0 radical (unpaired) electrons. The van der Waals surface area contributed by atoms with Crippen molar-refractivity contribution in [2.45, 2.75) is 27.7 Å². The third-order valence-electron chi connectivity index (χ3n) is 6.10. The molecule has 0 bridgehead atoms. The number of methoxy groups -OCH3 is 1. The van der Waals surface area contributed by atoms with Crippen molar-refractivity contribution >= 4 is 56.2 Å². The number of hydrogen-bond donors (Lipinski definition) is 0. The van der Waals surface area contributed by atoms with E-state index in [2.05, 4.69) is 22.9 Å². The second-order valence-corrected chi connectivity index (χ2v) is 10.5. The fourth-order valence-corrected chi connectivity index (χ4v) is 5.34. The zero-order valence-electron chi connectivity index (χ0n) is 21.3. The van der Waals surface area contributed by atoms with Crippen molar-refractivity contribution in [3.8, 4) is 17.6 Å². The number of carbonyl (C=O) groups is 1. The molecule has 0 aromatic heterocycles. The quantitative estimate of drug-likeness (QED) is 0.286. The number of thioether (sulfide) groups is 1. The first-order valence-electron chi connectivity index (χ1n) is 11.6. The molecule has 0 saturated carbocycles. The normalized spacial score (nSPS) is 15.4. The number of carbonyl (C=O) groups excluding carboxylic acids is 1. The van der Waals surface area contributed by atoms with Gasteiger partial charge in [-0.3, -0.25) is 9.69 Å². The second kappa shape index (κ2) is 11.2. The van der Waals surface area contributed by atoms with E-state index in [1.807, 2.05) is 75.4 Å². The molecule has 1 aliphatic rings. The topological polar surface area (TPSA) is 74.9 Å². The maximum absolute atomic E-state index is 13.7. The van der Waals surface area contributed by atoms with Crippen molar-refractivity contribution in [1.82, 2.24) is 0 Å². The summed E-state index contributed by atoms with van der Waals surface area (Å²) in [6, 6.07) is 17.5. The largest absolute Gasteiger partial charge is 0.493 e. The molecular formula is C29H26BrN3O3S. The number of ether oxygens (including phenoxy) is 2. The Balaban J connectivity index is 1.79. The van der Waals surface area contributed by atoms with Crippen molar-refractivity contribution in [2.75, 3.05) is 18.6 Å². The van der Waals surface area contributed by atoms with E-state index in [1.54, 1.807) is 11.0 Å². The molecule has 0 aliphatic carbocycles. The number of halogens is 1. The summed E-state index contributed by atoms with van der Waals surface area (Å²) in [5.41, 5.74) is 6.88. The molecule has 188 valence electrons. The van der Waals surface area contributed by atoms with Gasteiger partial charge in [-0.2, -0.15) is 5.26 Å². The Bertz CT molecular complexity index is 1490. The molecule has 0 atom stereocenters. The highest BCUT2D eigenvalue weighted by Gasteiger charge is 2.35. The molecule has 1 saturated heterocycles. The maximum atomic E-state index is 13.7. The predicted octanol–water partition coefficient (Wildman–Crippen LogP) is 7.40. The summed E-state index contributed by atoms with van der Waals surface area (Å²) >= 11 is 4.82. The first-order valence-corrected chi connectivity index (χ1v) is 13.2. The molecule has 3 aromatic rings. The molecule has 0 unspecified atom stereocenters. The first-order chi connectivity index (χ1) is 17.7. The third kappa shape index (κ3) is 5.74. The van der Waals surface area contributed by atoms with E-state index < -0.39 is 0 Å². The Morgan fingerprint density at radius 2 is 1.73 bits per heavy atom. The lowest BCUT2D eigenvalue weighted by Gasteiger charge is -2.17. The molecule has 4 rings (SSSR count). The van der Waals surface area contributed by atoms with Gasteiger partial charge in [0.2, 0.25) is 0 Å². The summed E-state index contributed by atoms with van der Waals surface area (Å²) in [7, 11) is 1.53. The number of nitrogens with zero attached hydrogens (tertiary/aromatic N) is 3. The van der Waals surface area contributed by atoms with Crippen LogP contribution in [0, 0.1) is 39.0 Å². The molecule has 1 amide bonds. The van der Waals surface area contributed by atoms with Gasteiger partial charge >= 0.3 is 0 Å². The molecule has 1 aliphatic heterocycles. The fraction of sp³-hybridized carbons (Fsp3) is 0.207. The number of benzene rings is 3. The van der Waals surface area contributed by atoms with E-state index in [1.165, 1.54) is 24.4 Å². The van der Waals surface area contributed by atoms with E-state index in [0.717, 1.165) is 33.6 Å². The van der Waals surface area contributed by atoms with Crippen LogP contribution in [0.1, 0.15) is 27.8 Å². The molecule has 1 heterocycles. The van der Waals surface area contributed by atoms with Crippen molar-refractivity contribution in [2.24, 2.45) is 4.99 Å². The van der Waals surface area contributed by atoms with Crippen molar-refractivity contribution < 1.29 is 14.3 Å². The monoisotopic (exact) mass is 575 g/mol. The zero-order valence-corrected chi connectivity index (χ0v) is 23.7. The third-order valence-corrected chi connectivity index (χ3v) is 7.66. The van der Waals surface area contributed by atoms with Crippen LogP contribution in [0.4, 0.5) is 11.4 Å². The summed E-state index contributed by atoms with van der Waals surface area (Å²) in [6.07, 6.45) is 1.81. The van der Waals surface area contributed by atoms with E-state index in [0.29, 0.717) is 26.0 Å². The highest BCUT2D eigenvalue weighted by molar-refractivity contribution is 9.10. The Labute approximate surface area is 229 Å². The Hall–Kier alpha value is -3.54. The first kappa shape index (κ1) is 26.5. The zero-order chi connectivity index (χ0) is 26.7. The van der Waals surface area contributed by atoms with Gasteiger partial charge in [-0.05, 0) is 126 Å². The molecule has 8 heteroatoms. The fourth-order valence-electron chi connectivity index (χ4n) is 3.77. The molecule has 6 nitrogen and oxygen atoms in total. The summed E-state index contributed by atoms with van der Waals surface area (Å²) in [6.45, 7) is 8.08. The molecule has 37 heavy (non-hydrogen) atoms. The van der Waals surface area contributed by atoms with Gasteiger partial charge in [-0.1, -0.05) is 12.1 Å². The van der Waals surface area contributed by atoms with Gasteiger partial charge in [0.05, 0.1) is 27.9 Å². The van der Waals surface area contributed by atoms with Gasteiger partial charge < -0.3 is 9.47 Å². The van der Waals surface area contributed by atoms with Crippen molar-refractivity contribution in [3.05, 3.63) is 85.7 Å². The van der Waals surface area contributed by atoms with Crippen LogP contribution in [0.15, 0.2) is 62.9 Å². The lowest BCUT2D eigenvalue weighted by atomic mass is 10.1. The summed E-state index contributed by atoms with van der Waals surface area (Å²) < 4.78 is 11.6. The number of amides is 1. The van der Waals surface area contributed by atoms with Crippen LogP contribution in [0.2, 0.25) is 0 Å². The molecule has 1 fully saturated rings. The maximum Gasteiger partial charge on any atom is 0.271 e. The summed E-state index contributed by atoms with van der Waals surface area (Å²) in [5.74, 6) is 0.739. The minimum atomic E-state index is -0.157. The number of amidine groups is 1. The van der Waals surface area contributed by atoms with Crippen LogP contribution in [-0.2, 0) is 4.79 Å². The van der Waals surface area contributed by atoms with Crippen LogP contribution >= 0.6 is 27.7 Å². The number of nitriles is 1. The highest BCUT2D eigenvalue weighted by Crippen LogP contribution is 2.41. The number of rotatable bonds is 6. The Morgan fingerprint density at radius 3 is 2.38 bits per heavy atom. The van der Waals surface area contributed by atoms with Crippen LogP contribution in [0.5, 0.6) is 11.5 Å². The minimum absolute atomic E-state index is 0.104. The van der Waals surface area contributed by atoms with Gasteiger partial charge in [0, 0.05) is 0 Å². The predicted molar refractivity (Wildman–Crippen MR) is 154 cm³/mol. The van der Waals surface area contributed by atoms with Gasteiger partial charge in [-0.15, -0.1) is 0 Å². The van der Waals surface area contributed by atoms with E-state index in [4.69, 9.17) is 19.7 Å². The molecule has 0 spiro atoms. The van der Waals surface area contributed by atoms with Crippen LogP contribution in [-0.4, -0.2) is 24.8 Å². The average Bonchev–Trinajstić information content (AvgIpc) is 3.16. The Morgan fingerprint density at radius 1 is 1.03 bits per heavy atom. The standard InChI is InChI=1S/C29H26BrN3O3S/c1-17-6-8-22(12-19(17)3)32-29-33(23-9-7-18(2)20(4)13-23)28(34)26(37-29)16-21-14-24(30)27(36-11-10-31)25(15-21)35-5/h6-9,12-16H,11H2,1-5H3/b26-16-,32-29?. The van der Waals surface area contributed by atoms with E-state index >= 15 is 0 Å². The molecule has 3 aromatic carbocycles. The van der Waals surface area contributed by atoms with Crippen molar-refractivity contribution in [1.29, 1.82) is 5.26 Å². The number of anilines is 1. The highest BCUT2D eigenvalue weighted by atomic mass is 79.9. The van der Waals surface area contributed by atoms with Gasteiger partial charge in [0.15, 0.2) is 23.3 Å². The number of aliphatic imine (C=N–C) groups is 1. The van der Waals surface area contributed by atoms with E-state index in [-0.39, 0.29) is 12.5 Å². The summed E-state index contributed by atoms with van der Waals surface area (Å²) in [4.78, 5) is 20.8. The van der Waals surface area contributed by atoms with Crippen LogP contribution < -0.4 is 14.4 Å². The second-order valence-electron chi connectivity index (χ2n) is 8.66. The summed E-state index contributed by atoms with van der Waals surface area (Å²) in [5, 5.41) is 9.45. The smallest absolute Gasteiger partial charge is 0.271 e. The van der Waals surface area contributed by atoms with Gasteiger partial charge in [0.1, 0.15) is 6.07 Å². The van der Waals surface area contributed by atoms with E-state index in [9.17, 15) is 4.79 Å². The molecular weight excluding hydrogens is 550 g/mol. The SMILES string of the molecule is COc1cc(/C=C2\SC(=Nc3ccc(C)c(C)c3)N(c3ccc(C)c(C)c3)C2=O)cc(Br)c1OCC#N. The lowest BCUT2D eigenvalue weighted by molar-refractivity contribution is -0.113. The Kier molecular flexibility index (Phi) is 8.06. The minimum Gasteiger partial charge on any atom is -0.493 e. The number of aryl methyl sites for hydroxylation is 4. The van der Waals surface area contributed by atoms with Gasteiger partial charge in [0.25, 0.3) is 5.91 Å². The lowest BCUT2D eigenvalue weighted by Crippen LogP contribution is -2.28.